The SMILES string of the molecule is CCCC[C@@H]1Cc2cc(OP(=O)(O)O)ccc2[C@H]2CC[C@]3(C)[C@@H](O)CC[C@H]3[C@H]12. The van der Waals surface area contributed by atoms with Gasteiger partial charge in [0.25, 0.3) is 0 Å². The quantitative estimate of drug-likeness (QED) is 0.610. The number of unbranched alkanes of at least 4 members (excludes halogenated alkanes) is 1. The highest BCUT2D eigenvalue weighted by Crippen LogP contribution is 2.62. The first-order chi connectivity index (χ1) is 13.2. The van der Waals surface area contributed by atoms with Crippen molar-refractivity contribution in [1.29, 1.82) is 0 Å². The smallest absolute Gasteiger partial charge is 0.404 e. The van der Waals surface area contributed by atoms with Crippen molar-refractivity contribution in [3.05, 3.63) is 29.3 Å². The summed E-state index contributed by atoms with van der Waals surface area (Å²) in [5, 5.41) is 10.7. The van der Waals surface area contributed by atoms with Crippen molar-refractivity contribution in [2.24, 2.45) is 23.2 Å². The molecule has 0 heterocycles. The summed E-state index contributed by atoms with van der Waals surface area (Å²) in [4.78, 5) is 18.3. The monoisotopic (exact) mass is 408 g/mol. The Hall–Kier alpha value is -0.870. The number of fused-ring (bicyclic) bond motifs is 5. The average Bonchev–Trinajstić information content (AvgIpc) is 2.93. The lowest BCUT2D eigenvalue weighted by Crippen LogP contribution is -2.47. The van der Waals surface area contributed by atoms with E-state index in [1.54, 1.807) is 6.07 Å². The molecule has 156 valence electrons. The van der Waals surface area contributed by atoms with Crippen LogP contribution in [0.1, 0.15) is 75.8 Å². The average molecular weight is 408 g/mol. The van der Waals surface area contributed by atoms with Crippen molar-refractivity contribution < 1.29 is 24.0 Å². The highest BCUT2D eigenvalue weighted by molar-refractivity contribution is 7.46. The van der Waals surface area contributed by atoms with Crippen LogP contribution in [0.5, 0.6) is 5.75 Å². The summed E-state index contributed by atoms with van der Waals surface area (Å²) in [6, 6.07) is 5.58. The van der Waals surface area contributed by atoms with Gasteiger partial charge in [-0.25, -0.2) is 4.57 Å². The zero-order valence-corrected chi connectivity index (χ0v) is 17.8. The van der Waals surface area contributed by atoms with Crippen molar-refractivity contribution in [3.8, 4) is 5.75 Å². The van der Waals surface area contributed by atoms with Gasteiger partial charge in [-0.3, -0.25) is 9.79 Å². The van der Waals surface area contributed by atoms with Gasteiger partial charge in [0, 0.05) is 0 Å². The molecule has 5 nitrogen and oxygen atoms in total. The molecule has 1 aromatic carbocycles. The van der Waals surface area contributed by atoms with Crippen LogP contribution in [0, 0.1) is 23.2 Å². The summed E-state index contributed by atoms with van der Waals surface area (Å²) in [7, 11) is -4.54. The van der Waals surface area contributed by atoms with E-state index in [-0.39, 0.29) is 17.3 Å². The number of phosphoric ester groups is 1. The molecule has 6 atom stereocenters. The summed E-state index contributed by atoms with van der Waals surface area (Å²) in [6.07, 6.45) is 8.51. The van der Waals surface area contributed by atoms with Crippen LogP contribution in [0.15, 0.2) is 18.2 Å². The Kier molecular flexibility index (Phi) is 5.41. The second-order valence-corrected chi connectivity index (χ2v) is 10.6. The van der Waals surface area contributed by atoms with E-state index < -0.39 is 7.82 Å². The summed E-state index contributed by atoms with van der Waals surface area (Å²) in [6.45, 7) is 4.53. The fraction of sp³-hybridized carbons (Fsp3) is 0.727. The molecule has 3 N–H and O–H groups in total. The van der Waals surface area contributed by atoms with Crippen molar-refractivity contribution in [3.63, 3.8) is 0 Å². The van der Waals surface area contributed by atoms with Crippen LogP contribution in [-0.4, -0.2) is 21.0 Å². The van der Waals surface area contributed by atoms with Crippen molar-refractivity contribution in [1.82, 2.24) is 0 Å². The fourth-order valence-corrected chi connectivity index (χ4v) is 7.07. The van der Waals surface area contributed by atoms with E-state index in [2.05, 4.69) is 13.8 Å². The van der Waals surface area contributed by atoms with Crippen LogP contribution < -0.4 is 4.52 Å². The van der Waals surface area contributed by atoms with Crippen LogP contribution in [0.4, 0.5) is 0 Å². The topological polar surface area (TPSA) is 87.0 Å². The molecule has 2 fully saturated rings. The second kappa shape index (κ2) is 7.43. The van der Waals surface area contributed by atoms with E-state index in [9.17, 15) is 9.67 Å². The van der Waals surface area contributed by atoms with Crippen LogP contribution >= 0.6 is 7.82 Å². The normalized spacial score (nSPS) is 37.1. The molecule has 0 amide bonds. The second-order valence-electron chi connectivity index (χ2n) is 9.48. The molecular formula is C22H33O5P. The lowest BCUT2D eigenvalue weighted by Gasteiger charge is -2.53. The van der Waals surface area contributed by atoms with Gasteiger partial charge in [0.15, 0.2) is 0 Å². The maximum atomic E-state index is 11.2. The first-order valence-corrected chi connectivity index (χ1v) is 12.3. The largest absolute Gasteiger partial charge is 0.524 e. The zero-order valence-electron chi connectivity index (χ0n) is 16.9. The summed E-state index contributed by atoms with van der Waals surface area (Å²) >= 11 is 0. The van der Waals surface area contributed by atoms with E-state index >= 15 is 0 Å². The lowest BCUT2D eigenvalue weighted by atomic mass is 9.52. The first-order valence-electron chi connectivity index (χ1n) is 10.8. The Bertz CT molecular complexity index is 774. The van der Waals surface area contributed by atoms with Crippen LogP contribution in [-0.2, 0) is 11.0 Å². The Morgan fingerprint density at radius 1 is 1.25 bits per heavy atom. The molecule has 6 heteroatoms. The predicted octanol–water partition coefficient (Wildman–Crippen LogP) is 4.79. The first kappa shape index (κ1) is 20.4. The maximum Gasteiger partial charge on any atom is 0.524 e. The molecule has 1 aromatic rings. The molecule has 2 saturated carbocycles. The van der Waals surface area contributed by atoms with E-state index in [0.29, 0.717) is 23.7 Å². The Morgan fingerprint density at radius 2 is 2.04 bits per heavy atom. The highest BCUT2D eigenvalue weighted by atomic mass is 31.2. The molecule has 0 aromatic heterocycles. The molecule has 4 rings (SSSR count). The zero-order chi connectivity index (χ0) is 20.1. The molecule has 0 radical (unpaired) electrons. The number of phosphoric acid groups is 1. The van der Waals surface area contributed by atoms with Crippen LogP contribution in [0.2, 0.25) is 0 Å². The molecule has 28 heavy (non-hydrogen) atoms. The van der Waals surface area contributed by atoms with E-state index in [0.717, 1.165) is 32.1 Å². The third-order valence-electron chi connectivity index (χ3n) is 7.98. The molecular weight excluding hydrogens is 375 g/mol. The predicted molar refractivity (Wildman–Crippen MR) is 108 cm³/mol. The summed E-state index contributed by atoms with van der Waals surface area (Å²) < 4.78 is 16.1. The molecule has 0 unspecified atom stereocenters. The number of benzene rings is 1. The molecule has 3 aliphatic carbocycles. The lowest BCUT2D eigenvalue weighted by molar-refractivity contribution is -0.0395. The Morgan fingerprint density at radius 3 is 2.75 bits per heavy atom. The van der Waals surface area contributed by atoms with E-state index in [1.807, 2.05) is 12.1 Å². The van der Waals surface area contributed by atoms with Crippen molar-refractivity contribution in [2.45, 2.75) is 77.2 Å². The number of rotatable bonds is 5. The van der Waals surface area contributed by atoms with Gasteiger partial charge in [-0.1, -0.05) is 32.8 Å². The molecule has 3 aliphatic rings. The molecule has 0 spiro atoms. The number of aliphatic hydroxyl groups is 1. The van der Waals surface area contributed by atoms with Crippen LogP contribution in [0.3, 0.4) is 0 Å². The standard InChI is InChI=1S/C22H33O5P/c1-3-4-5-14-12-15-13-16(27-28(24,25)26)6-7-17(15)18-10-11-22(2)19(21(14)18)8-9-20(22)23/h6-7,13-14,18-21,23H,3-5,8-12H2,1-2H3,(H2,24,25,26)/t14-,18-,19+,20+,21-,22+/m1/s1. The highest BCUT2D eigenvalue weighted by Gasteiger charge is 2.56. The van der Waals surface area contributed by atoms with Gasteiger partial charge >= 0.3 is 7.82 Å². The third-order valence-corrected chi connectivity index (χ3v) is 8.42. The number of hydrogen-bond donors (Lipinski definition) is 3. The molecule has 0 aliphatic heterocycles. The third kappa shape index (κ3) is 3.56. The van der Waals surface area contributed by atoms with Gasteiger partial charge in [-0.05, 0) is 90.9 Å². The van der Waals surface area contributed by atoms with Gasteiger partial charge in [0.2, 0.25) is 0 Å². The fourth-order valence-electron chi connectivity index (χ4n) is 6.68. The van der Waals surface area contributed by atoms with E-state index in [4.69, 9.17) is 14.3 Å². The van der Waals surface area contributed by atoms with Gasteiger partial charge < -0.3 is 9.63 Å². The van der Waals surface area contributed by atoms with E-state index in [1.165, 1.54) is 30.4 Å². The minimum absolute atomic E-state index is 0.0482. The summed E-state index contributed by atoms with van der Waals surface area (Å²) in [5.74, 6) is 2.48. The summed E-state index contributed by atoms with van der Waals surface area (Å²) in [5.41, 5.74) is 2.57. The Labute approximate surface area is 167 Å². The minimum Gasteiger partial charge on any atom is -0.404 e. The van der Waals surface area contributed by atoms with Gasteiger partial charge in [-0.15, -0.1) is 0 Å². The van der Waals surface area contributed by atoms with Gasteiger partial charge in [0.05, 0.1) is 6.10 Å². The van der Waals surface area contributed by atoms with Gasteiger partial charge in [-0.2, -0.15) is 0 Å². The van der Waals surface area contributed by atoms with Crippen molar-refractivity contribution >= 4 is 7.82 Å². The van der Waals surface area contributed by atoms with Crippen LogP contribution in [0.25, 0.3) is 0 Å². The van der Waals surface area contributed by atoms with Gasteiger partial charge in [0.1, 0.15) is 5.75 Å². The maximum absolute atomic E-state index is 11.2. The number of hydrogen-bond acceptors (Lipinski definition) is 3. The molecule has 0 saturated heterocycles. The van der Waals surface area contributed by atoms with Crippen molar-refractivity contribution in [2.75, 3.05) is 0 Å². The Balaban J connectivity index is 1.69. The minimum atomic E-state index is -4.54. The molecule has 0 bridgehead atoms. The number of aliphatic hydroxyl groups excluding tert-OH is 1.